The number of nitrogens with one attached hydrogen (secondary N) is 1. The molecule has 0 atom stereocenters. The highest BCUT2D eigenvalue weighted by Crippen LogP contribution is 2.40. The fourth-order valence-electron chi connectivity index (χ4n) is 4.75. The Morgan fingerprint density at radius 3 is 2.68 bits per heavy atom. The van der Waals surface area contributed by atoms with Crippen molar-refractivity contribution in [3.8, 4) is 5.75 Å². The molecule has 5 rings (SSSR count). The van der Waals surface area contributed by atoms with Gasteiger partial charge in [-0.3, -0.25) is 14.4 Å². The monoisotopic (exact) mass is 438 g/mol. The molecule has 3 aliphatic rings. The first kappa shape index (κ1) is 20.1. The number of rotatable bonds is 1. The molecular weight excluding hydrogens is 416 g/mol. The van der Waals surface area contributed by atoms with Crippen molar-refractivity contribution in [2.24, 2.45) is 0 Å². The van der Waals surface area contributed by atoms with E-state index in [1.807, 2.05) is 17.0 Å². The number of amides is 2. The summed E-state index contributed by atoms with van der Waals surface area (Å²) in [4.78, 5) is 39.4. The van der Waals surface area contributed by atoms with E-state index in [1.165, 1.54) is 0 Å². The van der Waals surface area contributed by atoms with Crippen LogP contribution >= 0.6 is 11.6 Å². The zero-order valence-corrected chi connectivity index (χ0v) is 17.8. The van der Waals surface area contributed by atoms with Crippen LogP contribution in [0.2, 0.25) is 5.02 Å². The molecule has 0 unspecified atom stereocenters. The number of piperidine rings is 1. The van der Waals surface area contributed by atoms with Crippen LogP contribution in [-0.4, -0.2) is 41.2 Å². The molecule has 0 bridgehead atoms. The van der Waals surface area contributed by atoms with Crippen LogP contribution in [0.3, 0.4) is 0 Å². The zero-order chi connectivity index (χ0) is 21.6. The van der Waals surface area contributed by atoms with E-state index < -0.39 is 5.60 Å². The van der Waals surface area contributed by atoms with Gasteiger partial charge in [-0.15, -0.1) is 0 Å². The van der Waals surface area contributed by atoms with Crippen molar-refractivity contribution >= 4 is 34.9 Å². The van der Waals surface area contributed by atoms with E-state index in [0.717, 1.165) is 24.1 Å². The normalized spacial score (nSPS) is 19.7. The predicted molar refractivity (Wildman–Crippen MR) is 117 cm³/mol. The summed E-state index contributed by atoms with van der Waals surface area (Å²) in [5.41, 5.74) is 2.40. The number of benzene rings is 2. The van der Waals surface area contributed by atoms with E-state index in [4.69, 9.17) is 16.3 Å². The van der Waals surface area contributed by atoms with Gasteiger partial charge in [0, 0.05) is 48.6 Å². The fourth-order valence-corrected chi connectivity index (χ4v) is 4.92. The Balaban J connectivity index is 1.29. The number of hydrogen-bond acceptors (Lipinski definition) is 4. The summed E-state index contributed by atoms with van der Waals surface area (Å²) in [6.07, 6.45) is 3.57. The third-order valence-electron chi connectivity index (χ3n) is 6.49. The molecule has 0 aliphatic carbocycles. The molecule has 2 aromatic rings. The summed E-state index contributed by atoms with van der Waals surface area (Å²) < 4.78 is 6.26. The first-order chi connectivity index (χ1) is 14.9. The van der Waals surface area contributed by atoms with Gasteiger partial charge in [-0.2, -0.15) is 0 Å². The number of aryl methyl sites for hydroxylation is 1. The Kier molecular flexibility index (Phi) is 4.97. The van der Waals surface area contributed by atoms with Gasteiger partial charge in [0.1, 0.15) is 11.4 Å². The van der Waals surface area contributed by atoms with Crippen molar-refractivity contribution in [2.75, 3.05) is 18.4 Å². The van der Waals surface area contributed by atoms with Gasteiger partial charge >= 0.3 is 0 Å². The third-order valence-corrected chi connectivity index (χ3v) is 6.72. The number of anilines is 1. The number of halogens is 1. The number of likely N-dealkylation sites (tertiary alicyclic amines) is 1. The van der Waals surface area contributed by atoms with Crippen LogP contribution in [0.25, 0.3) is 0 Å². The van der Waals surface area contributed by atoms with Crippen LogP contribution in [-0.2, 0) is 11.2 Å². The maximum Gasteiger partial charge on any atom is 0.253 e. The molecule has 1 saturated heterocycles. The minimum Gasteiger partial charge on any atom is -0.486 e. The summed E-state index contributed by atoms with van der Waals surface area (Å²) >= 11 is 6.02. The summed E-state index contributed by atoms with van der Waals surface area (Å²) in [5, 5.41) is 3.42. The van der Waals surface area contributed by atoms with Crippen LogP contribution in [0, 0.1) is 0 Å². The molecule has 31 heavy (non-hydrogen) atoms. The molecule has 1 spiro atoms. The standard InChI is InChI=1S/C24H23ClN2O4/c25-17-5-7-21-18(13-17)20(28)14-24(31-21)8-10-27(11-9-24)23(30)16-4-6-19-15(12-16)2-1-3-22(29)26-19/h4-7,12-13H,1-3,8-11,14H2,(H,26,29). The van der Waals surface area contributed by atoms with E-state index in [1.54, 1.807) is 24.3 Å². The number of nitrogens with zero attached hydrogens (tertiary/aromatic N) is 1. The van der Waals surface area contributed by atoms with Crippen LogP contribution in [0.1, 0.15) is 58.4 Å². The van der Waals surface area contributed by atoms with Gasteiger partial charge in [-0.25, -0.2) is 0 Å². The Bertz CT molecular complexity index is 1090. The van der Waals surface area contributed by atoms with Crippen molar-refractivity contribution in [1.29, 1.82) is 0 Å². The van der Waals surface area contributed by atoms with E-state index in [9.17, 15) is 14.4 Å². The molecule has 3 heterocycles. The lowest BCUT2D eigenvalue weighted by Crippen LogP contribution is -2.52. The first-order valence-corrected chi connectivity index (χ1v) is 11.0. The molecule has 3 aliphatic heterocycles. The molecule has 0 radical (unpaired) electrons. The minimum absolute atomic E-state index is 0.0185. The van der Waals surface area contributed by atoms with Crippen LogP contribution < -0.4 is 10.1 Å². The smallest absolute Gasteiger partial charge is 0.253 e. The lowest BCUT2D eigenvalue weighted by atomic mass is 9.82. The second-order valence-corrected chi connectivity index (χ2v) is 9.03. The van der Waals surface area contributed by atoms with Crippen LogP contribution in [0.15, 0.2) is 36.4 Å². The Labute approximate surface area is 185 Å². The highest BCUT2D eigenvalue weighted by molar-refractivity contribution is 6.31. The SMILES string of the molecule is O=C1CCCc2cc(C(=O)N3CCC4(CC3)CC(=O)c3cc(Cl)ccc3O4)ccc2N1. The number of ether oxygens (including phenoxy) is 1. The van der Waals surface area contributed by atoms with E-state index >= 15 is 0 Å². The van der Waals surface area contributed by atoms with Gasteiger partial charge < -0.3 is 15.0 Å². The maximum absolute atomic E-state index is 13.1. The van der Waals surface area contributed by atoms with Gasteiger partial charge in [0.15, 0.2) is 5.78 Å². The van der Waals surface area contributed by atoms with Crippen LogP contribution in [0.4, 0.5) is 5.69 Å². The molecular formula is C24H23ClN2O4. The van der Waals surface area contributed by atoms with Gasteiger partial charge in [0.05, 0.1) is 12.0 Å². The van der Waals surface area contributed by atoms with Crippen molar-refractivity contribution in [2.45, 2.75) is 44.1 Å². The van der Waals surface area contributed by atoms with Gasteiger partial charge in [0.2, 0.25) is 5.91 Å². The second kappa shape index (κ2) is 7.68. The molecule has 0 aromatic heterocycles. The molecule has 2 amide bonds. The lowest BCUT2D eigenvalue weighted by molar-refractivity contribution is -0.116. The van der Waals surface area contributed by atoms with Gasteiger partial charge in [-0.05, 0) is 54.8 Å². The summed E-state index contributed by atoms with van der Waals surface area (Å²) in [6, 6.07) is 10.6. The number of carbonyl (C=O) groups excluding carboxylic acids is 3. The number of ketones is 1. The van der Waals surface area contributed by atoms with Crippen LogP contribution in [0.5, 0.6) is 5.75 Å². The number of Topliss-reactive ketones (excluding diaryl/α,β-unsaturated/α-hetero) is 1. The highest BCUT2D eigenvalue weighted by Gasteiger charge is 2.43. The average molecular weight is 439 g/mol. The van der Waals surface area contributed by atoms with Crippen molar-refractivity contribution in [1.82, 2.24) is 4.90 Å². The Hall–Kier alpha value is -2.86. The molecule has 1 N–H and O–H groups in total. The summed E-state index contributed by atoms with van der Waals surface area (Å²) in [7, 11) is 0. The number of fused-ring (bicyclic) bond motifs is 2. The molecule has 0 saturated carbocycles. The summed E-state index contributed by atoms with van der Waals surface area (Å²) in [6.45, 7) is 1.06. The van der Waals surface area contributed by atoms with Gasteiger partial charge in [-0.1, -0.05) is 11.6 Å². The Morgan fingerprint density at radius 1 is 1.06 bits per heavy atom. The molecule has 2 aromatic carbocycles. The molecule has 1 fully saturated rings. The fraction of sp³-hybridized carbons (Fsp3) is 0.375. The van der Waals surface area contributed by atoms with Crippen molar-refractivity contribution < 1.29 is 19.1 Å². The lowest BCUT2D eigenvalue weighted by Gasteiger charge is -2.44. The quantitative estimate of drug-likeness (QED) is 0.722. The summed E-state index contributed by atoms with van der Waals surface area (Å²) in [5.74, 6) is 0.608. The first-order valence-electron chi connectivity index (χ1n) is 10.7. The van der Waals surface area contributed by atoms with E-state index in [2.05, 4.69) is 5.32 Å². The molecule has 160 valence electrons. The van der Waals surface area contributed by atoms with Crippen molar-refractivity contribution in [3.05, 3.63) is 58.1 Å². The van der Waals surface area contributed by atoms with E-state index in [0.29, 0.717) is 60.7 Å². The largest absolute Gasteiger partial charge is 0.486 e. The molecule has 7 heteroatoms. The van der Waals surface area contributed by atoms with Gasteiger partial charge in [0.25, 0.3) is 5.91 Å². The number of hydrogen-bond donors (Lipinski definition) is 1. The predicted octanol–water partition coefficient (Wildman–Crippen LogP) is 4.26. The Morgan fingerprint density at radius 2 is 1.87 bits per heavy atom. The zero-order valence-electron chi connectivity index (χ0n) is 17.1. The second-order valence-electron chi connectivity index (χ2n) is 8.59. The number of carbonyl (C=O) groups is 3. The maximum atomic E-state index is 13.1. The van der Waals surface area contributed by atoms with Crippen molar-refractivity contribution in [3.63, 3.8) is 0 Å². The van der Waals surface area contributed by atoms with E-state index in [-0.39, 0.29) is 17.6 Å². The average Bonchev–Trinajstić information content (AvgIpc) is 2.94. The minimum atomic E-state index is -0.563. The topological polar surface area (TPSA) is 75.7 Å². The molecule has 6 nitrogen and oxygen atoms in total. The highest BCUT2D eigenvalue weighted by atomic mass is 35.5. The third kappa shape index (κ3) is 3.81.